The number of hydrogen-bond acceptors (Lipinski definition) is 1. The summed E-state index contributed by atoms with van der Waals surface area (Å²) < 4.78 is 1.04. The molecule has 1 unspecified atom stereocenters. The molecule has 0 heterocycles. The van der Waals surface area contributed by atoms with E-state index in [9.17, 15) is 5.26 Å². The molecule has 0 aliphatic rings. The van der Waals surface area contributed by atoms with E-state index in [-0.39, 0.29) is 5.92 Å². The second-order valence-corrected chi connectivity index (χ2v) is 5.78. The van der Waals surface area contributed by atoms with Gasteiger partial charge in [0.25, 0.3) is 0 Å². The number of aryl methyl sites for hydroxylation is 2. The van der Waals surface area contributed by atoms with Crippen LogP contribution in [0.5, 0.6) is 0 Å². The van der Waals surface area contributed by atoms with Gasteiger partial charge >= 0.3 is 0 Å². The number of nitriles is 1. The standard InChI is InChI=1S/C17H16BrN/c1-12-3-4-13(2)15(9-12)10-16(11-19)14-5-7-17(18)8-6-14/h3-9,16H,10H2,1-2H3. The predicted molar refractivity (Wildman–Crippen MR) is 82.1 cm³/mol. The summed E-state index contributed by atoms with van der Waals surface area (Å²) in [6.07, 6.45) is 0.769. The van der Waals surface area contributed by atoms with Crippen molar-refractivity contribution >= 4 is 15.9 Å². The fourth-order valence-corrected chi connectivity index (χ4v) is 2.44. The molecule has 0 radical (unpaired) electrons. The van der Waals surface area contributed by atoms with Gasteiger partial charge in [-0.05, 0) is 49.1 Å². The van der Waals surface area contributed by atoms with Gasteiger partial charge in [-0.3, -0.25) is 0 Å². The van der Waals surface area contributed by atoms with E-state index >= 15 is 0 Å². The zero-order valence-corrected chi connectivity index (χ0v) is 12.7. The Morgan fingerprint density at radius 1 is 1.11 bits per heavy atom. The Kier molecular flexibility index (Phi) is 4.39. The molecule has 2 rings (SSSR count). The topological polar surface area (TPSA) is 23.8 Å². The minimum Gasteiger partial charge on any atom is -0.198 e. The molecule has 0 saturated heterocycles. The quantitative estimate of drug-likeness (QED) is 0.789. The third kappa shape index (κ3) is 3.45. The van der Waals surface area contributed by atoms with Crippen molar-refractivity contribution in [2.45, 2.75) is 26.2 Å². The molecule has 2 aromatic carbocycles. The maximum absolute atomic E-state index is 9.41. The second kappa shape index (κ2) is 6.04. The summed E-state index contributed by atoms with van der Waals surface area (Å²) >= 11 is 3.42. The van der Waals surface area contributed by atoms with Gasteiger partial charge in [0.1, 0.15) is 0 Å². The minimum absolute atomic E-state index is 0.0893. The van der Waals surface area contributed by atoms with Crippen molar-refractivity contribution in [3.63, 3.8) is 0 Å². The number of benzene rings is 2. The van der Waals surface area contributed by atoms with Crippen LogP contribution in [-0.2, 0) is 6.42 Å². The Bertz CT molecular complexity index is 608. The molecule has 0 fully saturated rings. The van der Waals surface area contributed by atoms with Crippen LogP contribution in [0.4, 0.5) is 0 Å². The Morgan fingerprint density at radius 2 is 1.79 bits per heavy atom. The van der Waals surface area contributed by atoms with Gasteiger partial charge in [-0.15, -0.1) is 0 Å². The molecule has 2 aromatic rings. The molecule has 0 aromatic heterocycles. The summed E-state index contributed by atoms with van der Waals surface area (Å²) in [5.41, 5.74) is 4.83. The molecule has 1 nitrogen and oxygen atoms in total. The van der Waals surface area contributed by atoms with E-state index in [0.717, 1.165) is 16.5 Å². The second-order valence-electron chi connectivity index (χ2n) is 4.87. The molecule has 0 spiro atoms. The highest BCUT2D eigenvalue weighted by Crippen LogP contribution is 2.24. The first kappa shape index (κ1) is 13.8. The highest BCUT2D eigenvalue weighted by Gasteiger charge is 2.12. The number of halogens is 1. The van der Waals surface area contributed by atoms with Crippen LogP contribution in [0.15, 0.2) is 46.9 Å². The fraction of sp³-hybridized carbons (Fsp3) is 0.235. The van der Waals surface area contributed by atoms with Crippen LogP contribution in [0.25, 0.3) is 0 Å². The van der Waals surface area contributed by atoms with E-state index in [1.54, 1.807) is 0 Å². The molecule has 19 heavy (non-hydrogen) atoms. The van der Waals surface area contributed by atoms with Gasteiger partial charge in [0, 0.05) is 4.47 Å². The molecule has 2 heteroatoms. The van der Waals surface area contributed by atoms with Gasteiger partial charge in [0.2, 0.25) is 0 Å². The predicted octanol–water partition coefficient (Wildman–Crippen LogP) is 4.92. The third-order valence-corrected chi connectivity index (χ3v) is 3.89. The molecule has 96 valence electrons. The molecule has 0 N–H and O–H groups in total. The van der Waals surface area contributed by atoms with E-state index in [0.29, 0.717) is 0 Å². The Morgan fingerprint density at radius 3 is 2.42 bits per heavy atom. The van der Waals surface area contributed by atoms with Gasteiger partial charge in [0.05, 0.1) is 12.0 Å². The van der Waals surface area contributed by atoms with Crippen molar-refractivity contribution in [3.8, 4) is 6.07 Å². The van der Waals surface area contributed by atoms with Crippen LogP contribution in [0.2, 0.25) is 0 Å². The van der Waals surface area contributed by atoms with Gasteiger partial charge in [-0.2, -0.15) is 5.26 Å². The molecule has 0 aliphatic heterocycles. The van der Waals surface area contributed by atoms with Crippen LogP contribution in [0.3, 0.4) is 0 Å². The average molecular weight is 314 g/mol. The van der Waals surface area contributed by atoms with E-state index < -0.39 is 0 Å². The van der Waals surface area contributed by atoms with Gasteiger partial charge < -0.3 is 0 Å². The Labute approximate surface area is 123 Å². The van der Waals surface area contributed by atoms with E-state index in [4.69, 9.17) is 0 Å². The number of nitrogens with zero attached hydrogens (tertiary/aromatic N) is 1. The van der Waals surface area contributed by atoms with Crippen molar-refractivity contribution in [2.24, 2.45) is 0 Å². The third-order valence-electron chi connectivity index (χ3n) is 3.36. The van der Waals surface area contributed by atoms with Crippen LogP contribution in [-0.4, -0.2) is 0 Å². The Balaban J connectivity index is 2.27. The van der Waals surface area contributed by atoms with Crippen molar-refractivity contribution < 1.29 is 0 Å². The fourth-order valence-electron chi connectivity index (χ4n) is 2.17. The normalized spacial score (nSPS) is 11.9. The van der Waals surface area contributed by atoms with Crippen molar-refractivity contribution in [1.82, 2.24) is 0 Å². The molecule has 0 saturated carbocycles. The zero-order valence-electron chi connectivity index (χ0n) is 11.2. The minimum atomic E-state index is -0.0893. The molecule has 0 bridgehead atoms. The summed E-state index contributed by atoms with van der Waals surface area (Å²) in [5.74, 6) is -0.0893. The lowest BCUT2D eigenvalue weighted by atomic mass is 9.90. The highest BCUT2D eigenvalue weighted by atomic mass is 79.9. The first-order chi connectivity index (χ1) is 9.10. The van der Waals surface area contributed by atoms with Gasteiger partial charge in [-0.1, -0.05) is 51.8 Å². The van der Waals surface area contributed by atoms with Crippen LogP contribution < -0.4 is 0 Å². The summed E-state index contributed by atoms with van der Waals surface area (Å²) in [6, 6.07) is 16.8. The SMILES string of the molecule is Cc1ccc(C)c(CC(C#N)c2ccc(Br)cc2)c1. The van der Waals surface area contributed by atoms with Crippen LogP contribution >= 0.6 is 15.9 Å². The van der Waals surface area contributed by atoms with Gasteiger partial charge in [0.15, 0.2) is 0 Å². The largest absolute Gasteiger partial charge is 0.198 e. The maximum atomic E-state index is 9.41. The van der Waals surface area contributed by atoms with Gasteiger partial charge in [-0.25, -0.2) is 0 Å². The summed E-state index contributed by atoms with van der Waals surface area (Å²) in [4.78, 5) is 0. The molecule has 1 atom stereocenters. The van der Waals surface area contributed by atoms with Crippen molar-refractivity contribution in [2.75, 3.05) is 0 Å². The zero-order chi connectivity index (χ0) is 13.8. The van der Waals surface area contributed by atoms with Crippen LogP contribution in [0.1, 0.15) is 28.2 Å². The van der Waals surface area contributed by atoms with E-state index in [1.807, 2.05) is 24.3 Å². The van der Waals surface area contributed by atoms with Crippen LogP contribution in [0, 0.1) is 25.2 Å². The number of hydrogen-bond donors (Lipinski definition) is 0. The lowest BCUT2D eigenvalue weighted by molar-refractivity contribution is 0.842. The smallest absolute Gasteiger partial charge is 0.0753 e. The van der Waals surface area contributed by atoms with Crippen molar-refractivity contribution in [3.05, 3.63) is 69.2 Å². The molecule has 0 aliphatic carbocycles. The number of rotatable bonds is 3. The average Bonchev–Trinajstić information content (AvgIpc) is 2.41. The first-order valence-electron chi connectivity index (χ1n) is 6.31. The first-order valence-corrected chi connectivity index (χ1v) is 7.10. The highest BCUT2D eigenvalue weighted by molar-refractivity contribution is 9.10. The van der Waals surface area contributed by atoms with Crippen molar-refractivity contribution in [1.29, 1.82) is 5.26 Å². The summed E-state index contributed by atoms with van der Waals surface area (Å²) in [6.45, 7) is 4.19. The summed E-state index contributed by atoms with van der Waals surface area (Å²) in [7, 11) is 0. The summed E-state index contributed by atoms with van der Waals surface area (Å²) in [5, 5.41) is 9.41. The molecular formula is C17H16BrN. The lowest BCUT2D eigenvalue weighted by Gasteiger charge is -2.12. The van der Waals surface area contributed by atoms with E-state index in [1.165, 1.54) is 16.7 Å². The lowest BCUT2D eigenvalue weighted by Crippen LogP contribution is -2.02. The maximum Gasteiger partial charge on any atom is 0.0753 e. The molecular weight excluding hydrogens is 298 g/mol. The molecule has 0 amide bonds. The van der Waals surface area contributed by atoms with E-state index in [2.05, 4.69) is 54.0 Å². The monoisotopic (exact) mass is 313 g/mol. The Hall–Kier alpha value is -1.59.